The molecule has 0 bridgehead atoms. The quantitative estimate of drug-likeness (QED) is 0.401. The molecule has 0 aromatic heterocycles. The highest BCUT2D eigenvalue weighted by atomic mass is 32.2. The van der Waals surface area contributed by atoms with Crippen LogP contribution in [0.25, 0.3) is 0 Å². The van der Waals surface area contributed by atoms with E-state index in [0.717, 1.165) is 26.2 Å². The van der Waals surface area contributed by atoms with E-state index in [2.05, 4.69) is 35.9 Å². The molecule has 1 fully saturated rings. The van der Waals surface area contributed by atoms with Gasteiger partial charge in [0.25, 0.3) is 0 Å². The Morgan fingerprint density at radius 1 is 1.00 bits per heavy atom. The maximum Gasteiger partial charge on any atom is 0.239 e. The maximum atomic E-state index is 9.17. The Morgan fingerprint density at radius 2 is 1.20 bits per heavy atom. The van der Waals surface area contributed by atoms with Crippen LogP contribution in [-0.4, -0.2) is 30.6 Å². The van der Waals surface area contributed by atoms with Crippen molar-refractivity contribution >= 4 is 29.7 Å². The van der Waals surface area contributed by atoms with Gasteiger partial charge in [-0.3, -0.25) is 4.79 Å². The molecular formula is C5H12N2OS2. The van der Waals surface area contributed by atoms with Gasteiger partial charge in [0.05, 0.1) is 0 Å². The normalized spacial score (nSPS) is 17.0. The van der Waals surface area contributed by atoms with Crippen LogP contribution in [0.3, 0.4) is 0 Å². The molecule has 0 aromatic carbocycles. The van der Waals surface area contributed by atoms with Gasteiger partial charge in [0, 0.05) is 26.2 Å². The second-order valence-electron chi connectivity index (χ2n) is 1.78. The summed E-state index contributed by atoms with van der Waals surface area (Å²) in [4.78, 5) is 9.17. The maximum absolute atomic E-state index is 9.17. The molecular weight excluding hydrogens is 168 g/mol. The second-order valence-corrected chi connectivity index (χ2v) is 2.95. The predicted molar refractivity (Wildman–Crippen MR) is 49.1 cm³/mol. The number of carbonyl (C=O) groups excluding carboxylic acids is 1. The van der Waals surface area contributed by atoms with Crippen molar-refractivity contribution in [3.8, 4) is 0 Å². The summed E-state index contributed by atoms with van der Waals surface area (Å²) in [5.41, 5.74) is 0. The highest BCUT2D eigenvalue weighted by molar-refractivity contribution is 8.23. The molecule has 0 aliphatic carbocycles. The lowest BCUT2D eigenvalue weighted by atomic mass is 10.4. The average Bonchev–Trinajstić information content (AvgIpc) is 1.90. The third kappa shape index (κ3) is 11.1. The van der Waals surface area contributed by atoms with Gasteiger partial charge < -0.3 is 10.6 Å². The van der Waals surface area contributed by atoms with Crippen molar-refractivity contribution in [1.29, 1.82) is 0 Å². The van der Waals surface area contributed by atoms with E-state index >= 15 is 0 Å². The molecule has 3 nitrogen and oxygen atoms in total. The van der Waals surface area contributed by atoms with E-state index in [1.165, 1.54) is 0 Å². The van der Waals surface area contributed by atoms with Crippen molar-refractivity contribution in [2.24, 2.45) is 0 Å². The van der Waals surface area contributed by atoms with Crippen LogP contribution in [0.2, 0.25) is 0 Å². The Hall–Kier alpha value is 0.290. The molecule has 0 amide bonds. The topological polar surface area (TPSA) is 41.1 Å². The fraction of sp³-hybridized carbons (Fsp3) is 0.800. The van der Waals surface area contributed by atoms with Gasteiger partial charge in [-0.1, -0.05) is 25.3 Å². The first-order valence-corrected chi connectivity index (χ1v) is 3.96. The molecule has 10 heavy (non-hydrogen) atoms. The zero-order valence-corrected chi connectivity index (χ0v) is 7.42. The summed E-state index contributed by atoms with van der Waals surface area (Å²) in [7, 11) is 0. The van der Waals surface area contributed by atoms with Crippen molar-refractivity contribution in [1.82, 2.24) is 10.6 Å². The van der Waals surface area contributed by atoms with E-state index in [1.807, 2.05) is 0 Å². The van der Waals surface area contributed by atoms with Crippen LogP contribution in [0.5, 0.6) is 0 Å². The zero-order chi connectivity index (χ0) is 7.82. The third-order valence-corrected chi connectivity index (χ3v) is 0.957. The van der Waals surface area contributed by atoms with Gasteiger partial charge in [-0.05, 0) is 0 Å². The Balaban J connectivity index is 0.000000180. The number of hydrogen-bond donors (Lipinski definition) is 4. The number of rotatable bonds is 0. The summed E-state index contributed by atoms with van der Waals surface area (Å²) in [5.74, 6) is 0. The first kappa shape index (κ1) is 10.3. The van der Waals surface area contributed by atoms with Crippen LogP contribution in [0, 0.1) is 0 Å². The second kappa shape index (κ2) is 7.40. The van der Waals surface area contributed by atoms with Crippen LogP contribution in [0.15, 0.2) is 0 Å². The predicted octanol–water partition coefficient (Wildman–Crippen LogP) is 0.145. The molecule has 0 spiro atoms. The van der Waals surface area contributed by atoms with Crippen molar-refractivity contribution in [2.75, 3.05) is 26.2 Å². The average molecular weight is 180 g/mol. The highest BCUT2D eigenvalue weighted by Gasteiger charge is 1.91. The minimum atomic E-state index is -0.444. The summed E-state index contributed by atoms with van der Waals surface area (Å²) in [5, 5.41) is 6.44. The molecule has 1 aliphatic heterocycles. The third-order valence-electron chi connectivity index (χ3n) is 0.957. The van der Waals surface area contributed by atoms with Crippen LogP contribution < -0.4 is 10.6 Å². The molecule has 60 valence electrons. The van der Waals surface area contributed by atoms with Crippen molar-refractivity contribution < 1.29 is 4.79 Å². The van der Waals surface area contributed by atoms with E-state index in [0.29, 0.717) is 0 Å². The SMILES string of the molecule is C1CNCCN1.O=C(S)S. The molecule has 0 saturated carbocycles. The van der Waals surface area contributed by atoms with E-state index < -0.39 is 4.45 Å². The fourth-order valence-electron chi connectivity index (χ4n) is 0.604. The molecule has 1 heterocycles. The van der Waals surface area contributed by atoms with Crippen molar-refractivity contribution in [3.05, 3.63) is 0 Å². The lowest BCUT2D eigenvalue weighted by molar-refractivity contribution is 0.277. The van der Waals surface area contributed by atoms with Crippen molar-refractivity contribution in [3.63, 3.8) is 0 Å². The van der Waals surface area contributed by atoms with Crippen LogP contribution >= 0.6 is 25.3 Å². The van der Waals surface area contributed by atoms with Crippen LogP contribution in [0.4, 0.5) is 4.79 Å². The minimum absolute atomic E-state index is 0.444. The van der Waals surface area contributed by atoms with Crippen molar-refractivity contribution in [2.45, 2.75) is 0 Å². The molecule has 1 aliphatic rings. The Kier molecular flexibility index (Phi) is 7.61. The summed E-state index contributed by atoms with van der Waals surface area (Å²) in [6.07, 6.45) is 0. The Labute approximate surface area is 71.8 Å². The number of nitrogens with one attached hydrogen (secondary N) is 2. The number of carbonyl (C=O) groups is 1. The van der Waals surface area contributed by atoms with Gasteiger partial charge in [-0.25, -0.2) is 0 Å². The first-order chi connectivity index (χ1) is 4.73. The number of hydrogen-bond acceptors (Lipinski definition) is 3. The van der Waals surface area contributed by atoms with Gasteiger partial charge in [0.2, 0.25) is 4.45 Å². The Morgan fingerprint density at radius 3 is 1.30 bits per heavy atom. The van der Waals surface area contributed by atoms with E-state index in [9.17, 15) is 4.79 Å². The van der Waals surface area contributed by atoms with E-state index in [4.69, 9.17) is 0 Å². The molecule has 1 saturated heterocycles. The molecule has 2 N–H and O–H groups in total. The Bertz CT molecular complexity index is 80.1. The van der Waals surface area contributed by atoms with Gasteiger partial charge >= 0.3 is 0 Å². The lowest BCUT2D eigenvalue weighted by Crippen LogP contribution is -2.39. The van der Waals surface area contributed by atoms with E-state index in [-0.39, 0.29) is 0 Å². The first-order valence-electron chi connectivity index (χ1n) is 3.07. The van der Waals surface area contributed by atoms with Crippen LogP contribution in [0.1, 0.15) is 0 Å². The standard InChI is InChI=1S/C4H10N2.CH2OS2/c1-2-6-4-3-5-1;2-1(3)4/h5-6H,1-4H2;(H2,2,3,4). The fourth-order valence-corrected chi connectivity index (χ4v) is 0.604. The monoisotopic (exact) mass is 180 g/mol. The summed E-state index contributed by atoms with van der Waals surface area (Å²) >= 11 is 6.38. The molecule has 1 rings (SSSR count). The van der Waals surface area contributed by atoms with Crippen LogP contribution in [-0.2, 0) is 0 Å². The number of piperazine rings is 1. The van der Waals surface area contributed by atoms with Gasteiger partial charge in [0.1, 0.15) is 0 Å². The zero-order valence-electron chi connectivity index (χ0n) is 5.63. The smallest absolute Gasteiger partial charge is 0.239 e. The molecule has 5 heteroatoms. The van der Waals surface area contributed by atoms with E-state index in [1.54, 1.807) is 0 Å². The lowest BCUT2D eigenvalue weighted by Gasteiger charge is -2.11. The molecule has 0 aromatic rings. The highest BCUT2D eigenvalue weighted by Crippen LogP contribution is 1.81. The summed E-state index contributed by atoms with van der Waals surface area (Å²) < 4.78 is -0.444. The molecule has 0 radical (unpaired) electrons. The molecule has 0 atom stereocenters. The van der Waals surface area contributed by atoms with Gasteiger partial charge in [-0.2, -0.15) is 0 Å². The molecule has 0 unspecified atom stereocenters. The van der Waals surface area contributed by atoms with Gasteiger partial charge in [0.15, 0.2) is 0 Å². The summed E-state index contributed by atoms with van der Waals surface area (Å²) in [6, 6.07) is 0. The van der Waals surface area contributed by atoms with Gasteiger partial charge in [-0.15, -0.1) is 0 Å². The largest absolute Gasteiger partial charge is 0.314 e. The number of thiol groups is 2. The summed E-state index contributed by atoms with van der Waals surface area (Å²) in [6.45, 7) is 4.56. The minimum Gasteiger partial charge on any atom is -0.314 e.